The minimum absolute atomic E-state index is 0.270. The van der Waals surface area contributed by atoms with Crippen LogP contribution in [0.1, 0.15) is 26.2 Å². The van der Waals surface area contributed by atoms with Gasteiger partial charge in [-0.05, 0) is 6.42 Å². The Morgan fingerprint density at radius 1 is 1.20 bits per heavy atom. The molecule has 0 amide bonds. The second kappa shape index (κ2) is 5.67. The molecular weight excluding hydrogens is 272 g/mol. The maximum Gasteiger partial charge on any atom is 0.396 e. The highest BCUT2D eigenvalue weighted by atomic mass is 32.1. The Bertz CT molecular complexity index is 785. The van der Waals surface area contributed by atoms with Gasteiger partial charge in [0, 0.05) is 16.8 Å². The van der Waals surface area contributed by atoms with Gasteiger partial charge in [-0.1, -0.05) is 55.4 Å². The minimum Gasteiger partial charge on any atom is -0.493 e. The normalized spacial score (nSPS) is 11.2. The van der Waals surface area contributed by atoms with Crippen LogP contribution in [0, 0.1) is 0 Å². The fourth-order valence-corrected chi connectivity index (χ4v) is 3.03. The average molecular weight is 288 g/mol. The predicted octanol–water partition coefficient (Wildman–Crippen LogP) is 4.58. The van der Waals surface area contributed by atoms with Crippen LogP contribution in [-0.4, -0.2) is 6.61 Å². The Morgan fingerprint density at radius 2 is 2.00 bits per heavy atom. The number of unbranched alkanes of at least 4 members (excludes halogenated alkanes) is 2. The van der Waals surface area contributed by atoms with E-state index in [-0.39, 0.29) is 4.94 Å². The van der Waals surface area contributed by atoms with E-state index in [1.807, 2.05) is 30.3 Å². The fraction of sp³-hybridized carbons (Fsp3) is 0.312. The molecule has 2 aromatic carbocycles. The Labute approximate surface area is 120 Å². The van der Waals surface area contributed by atoms with Gasteiger partial charge in [-0.2, -0.15) is 0 Å². The smallest absolute Gasteiger partial charge is 0.396 e. The van der Waals surface area contributed by atoms with Gasteiger partial charge in [0.2, 0.25) is 0 Å². The van der Waals surface area contributed by atoms with E-state index in [2.05, 4.69) is 6.92 Å². The van der Waals surface area contributed by atoms with Gasteiger partial charge >= 0.3 is 4.94 Å². The quantitative estimate of drug-likeness (QED) is 0.645. The molecule has 0 aliphatic heterocycles. The van der Waals surface area contributed by atoms with Crippen LogP contribution >= 0.6 is 11.3 Å². The lowest BCUT2D eigenvalue weighted by atomic mass is 10.1. The van der Waals surface area contributed by atoms with Crippen molar-refractivity contribution in [2.75, 3.05) is 6.61 Å². The second-order valence-electron chi connectivity index (χ2n) is 4.76. The van der Waals surface area contributed by atoms with Crippen molar-refractivity contribution < 1.29 is 9.15 Å². The number of benzene rings is 2. The molecule has 0 aliphatic carbocycles. The van der Waals surface area contributed by atoms with E-state index >= 15 is 0 Å². The third-order valence-corrected chi connectivity index (χ3v) is 4.08. The van der Waals surface area contributed by atoms with E-state index in [1.165, 1.54) is 12.8 Å². The van der Waals surface area contributed by atoms with Crippen LogP contribution in [0.4, 0.5) is 0 Å². The van der Waals surface area contributed by atoms with Crippen LogP contribution in [0.5, 0.6) is 5.75 Å². The summed E-state index contributed by atoms with van der Waals surface area (Å²) in [7, 11) is 0. The molecule has 0 saturated heterocycles. The van der Waals surface area contributed by atoms with Gasteiger partial charge in [0.1, 0.15) is 5.75 Å². The van der Waals surface area contributed by atoms with Crippen LogP contribution in [-0.2, 0) is 0 Å². The molecular formula is C16H16O3S. The zero-order chi connectivity index (χ0) is 13.9. The minimum atomic E-state index is -0.270. The number of hydrogen-bond acceptors (Lipinski definition) is 4. The molecule has 3 nitrogen and oxygen atoms in total. The van der Waals surface area contributed by atoms with E-state index in [9.17, 15) is 4.79 Å². The van der Waals surface area contributed by atoms with E-state index in [0.717, 1.165) is 39.0 Å². The predicted molar refractivity (Wildman–Crippen MR) is 82.9 cm³/mol. The Balaban J connectivity index is 2.06. The molecule has 0 atom stereocenters. The van der Waals surface area contributed by atoms with Gasteiger partial charge in [0.15, 0.2) is 5.58 Å². The third-order valence-electron chi connectivity index (χ3n) is 3.31. The molecule has 104 valence electrons. The summed E-state index contributed by atoms with van der Waals surface area (Å²) in [6.07, 6.45) is 3.39. The first-order valence-electron chi connectivity index (χ1n) is 6.88. The molecule has 3 aromatic rings. The van der Waals surface area contributed by atoms with Gasteiger partial charge in [-0.25, -0.2) is 4.79 Å². The number of hydrogen-bond donors (Lipinski definition) is 0. The molecule has 3 rings (SSSR count). The fourth-order valence-electron chi connectivity index (χ4n) is 2.32. The number of ether oxygens (including phenoxy) is 1. The molecule has 1 aromatic heterocycles. The highest BCUT2D eigenvalue weighted by Gasteiger charge is 2.11. The van der Waals surface area contributed by atoms with Gasteiger partial charge < -0.3 is 9.15 Å². The van der Waals surface area contributed by atoms with Crippen LogP contribution in [0.25, 0.3) is 21.1 Å². The first kappa shape index (κ1) is 13.2. The lowest BCUT2D eigenvalue weighted by Gasteiger charge is -2.09. The Kier molecular flexibility index (Phi) is 3.74. The van der Waals surface area contributed by atoms with Crippen molar-refractivity contribution >= 4 is 32.4 Å². The molecule has 4 heteroatoms. The summed E-state index contributed by atoms with van der Waals surface area (Å²) in [5.41, 5.74) is 0.663. The van der Waals surface area contributed by atoms with Crippen molar-refractivity contribution in [1.82, 2.24) is 0 Å². The molecule has 0 N–H and O–H groups in total. The molecule has 0 spiro atoms. The molecule has 0 fully saturated rings. The summed E-state index contributed by atoms with van der Waals surface area (Å²) in [5.74, 6) is 0.834. The number of fused-ring (bicyclic) bond motifs is 3. The van der Waals surface area contributed by atoms with E-state index < -0.39 is 0 Å². The zero-order valence-corrected chi connectivity index (χ0v) is 12.2. The largest absolute Gasteiger partial charge is 0.493 e. The first-order valence-corrected chi connectivity index (χ1v) is 7.69. The summed E-state index contributed by atoms with van der Waals surface area (Å²) in [4.78, 5) is 11.2. The molecule has 0 saturated carbocycles. The zero-order valence-electron chi connectivity index (χ0n) is 11.3. The van der Waals surface area contributed by atoms with Gasteiger partial charge in [0.05, 0.1) is 11.3 Å². The van der Waals surface area contributed by atoms with E-state index in [1.54, 1.807) is 0 Å². The van der Waals surface area contributed by atoms with Crippen molar-refractivity contribution in [1.29, 1.82) is 0 Å². The standard InChI is InChI=1S/C16H16O3S/c1-2-3-6-9-18-13-10-14-15(19-16(17)20-14)12-8-5-4-7-11(12)13/h4-5,7-8,10H,2-3,6,9H2,1H3. The maximum absolute atomic E-state index is 11.5. The van der Waals surface area contributed by atoms with Gasteiger partial charge in [-0.15, -0.1) is 0 Å². The van der Waals surface area contributed by atoms with Gasteiger partial charge in [-0.3, -0.25) is 0 Å². The van der Waals surface area contributed by atoms with Crippen LogP contribution in [0.2, 0.25) is 0 Å². The molecule has 0 unspecified atom stereocenters. The van der Waals surface area contributed by atoms with Crippen molar-refractivity contribution in [3.8, 4) is 5.75 Å². The third kappa shape index (κ3) is 2.43. The lowest BCUT2D eigenvalue weighted by Crippen LogP contribution is -1.97. The molecule has 0 bridgehead atoms. The van der Waals surface area contributed by atoms with Crippen molar-refractivity contribution in [2.45, 2.75) is 26.2 Å². The topological polar surface area (TPSA) is 39.4 Å². The van der Waals surface area contributed by atoms with Crippen molar-refractivity contribution in [3.05, 3.63) is 40.1 Å². The highest BCUT2D eigenvalue weighted by Crippen LogP contribution is 2.34. The SMILES string of the molecule is CCCCCOc1cc2sc(=O)oc2c2ccccc12. The highest BCUT2D eigenvalue weighted by molar-refractivity contribution is 7.16. The van der Waals surface area contributed by atoms with Crippen molar-refractivity contribution in [2.24, 2.45) is 0 Å². The molecule has 20 heavy (non-hydrogen) atoms. The van der Waals surface area contributed by atoms with Crippen LogP contribution < -0.4 is 9.68 Å². The lowest BCUT2D eigenvalue weighted by molar-refractivity contribution is 0.310. The van der Waals surface area contributed by atoms with Crippen LogP contribution in [0.3, 0.4) is 0 Å². The monoisotopic (exact) mass is 288 g/mol. The maximum atomic E-state index is 11.5. The summed E-state index contributed by atoms with van der Waals surface area (Å²) < 4.78 is 12.0. The van der Waals surface area contributed by atoms with E-state index in [4.69, 9.17) is 9.15 Å². The van der Waals surface area contributed by atoms with Crippen LogP contribution in [0.15, 0.2) is 39.5 Å². The number of rotatable bonds is 5. The van der Waals surface area contributed by atoms with E-state index in [0.29, 0.717) is 12.2 Å². The average Bonchev–Trinajstić information content (AvgIpc) is 2.84. The summed E-state index contributed by atoms with van der Waals surface area (Å²) >= 11 is 1.12. The summed E-state index contributed by atoms with van der Waals surface area (Å²) in [6, 6.07) is 9.80. The Hall–Kier alpha value is -1.81. The van der Waals surface area contributed by atoms with Gasteiger partial charge in [0.25, 0.3) is 0 Å². The molecule has 0 radical (unpaired) electrons. The molecule has 1 heterocycles. The Morgan fingerprint density at radius 3 is 2.80 bits per heavy atom. The molecule has 0 aliphatic rings. The van der Waals surface area contributed by atoms with Crippen molar-refractivity contribution in [3.63, 3.8) is 0 Å². The summed E-state index contributed by atoms with van der Waals surface area (Å²) in [6.45, 7) is 2.88. The summed E-state index contributed by atoms with van der Waals surface area (Å²) in [5, 5.41) is 1.94. The second-order valence-corrected chi connectivity index (χ2v) is 5.73. The first-order chi connectivity index (χ1) is 9.79.